The van der Waals surface area contributed by atoms with Gasteiger partial charge in [0, 0.05) is 35.4 Å². The van der Waals surface area contributed by atoms with Gasteiger partial charge in [0.15, 0.2) is 5.82 Å². The van der Waals surface area contributed by atoms with E-state index in [0.29, 0.717) is 5.82 Å². The van der Waals surface area contributed by atoms with Gasteiger partial charge in [-0.3, -0.25) is 9.89 Å². The quantitative estimate of drug-likeness (QED) is 0.142. The zero-order chi connectivity index (χ0) is 30.8. The number of amides is 1. The first-order chi connectivity index (χ1) is 20.6. The predicted molar refractivity (Wildman–Crippen MR) is 167 cm³/mol. The molecule has 1 amide bonds. The molecular formula is C34H41N5O4. The zero-order valence-corrected chi connectivity index (χ0v) is 25.4. The molecule has 0 saturated heterocycles. The van der Waals surface area contributed by atoms with Crippen LogP contribution in [0, 0.1) is 0 Å². The molecule has 0 aliphatic heterocycles. The zero-order valence-electron chi connectivity index (χ0n) is 25.4. The van der Waals surface area contributed by atoms with Crippen LogP contribution in [-0.4, -0.2) is 49.8 Å². The van der Waals surface area contributed by atoms with Crippen LogP contribution in [0.1, 0.15) is 81.5 Å². The summed E-state index contributed by atoms with van der Waals surface area (Å²) in [5.74, 6) is -0.206. The molecule has 226 valence electrons. The summed E-state index contributed by atoms with van der Waals surface area (Å²) >= 11 is 0. The number of carboxylic acids is 1. The standard InChI is InChI=1S/C34H41N5O4/c1-5-6-7-8-9-18-43-27-16-14-24(15-17-27)26-21-35-31(36-22-26)25-12-10-23(11-13-25)19-29(33(41)42)37-32(40)28-20-30(39-38-28)34(2,3)4/h10-17,20-22,29H,5-9,18-19H2,1-4H3,(H,37,40)(H,38,39)(H,41,42)/t29-/m0/s1. The third-order valence-electron chi connectivity index (χ3n) is 7.20. The van der Waals surface area contributed by atoms with Crippen molar-refractivity contribution in [2.45, 2.75) is 77.7 Å². The molecule has 0 spiro atoms. The average Bonchev–Trinajstić information content (AvgIpc) is 3.51. The lowest BCUT2D eigenvalue weighted by atomic mass is 9.92. The first-order valence-corrected chi connectivity index (χ1v) is 14.9. The number of aliphatic carboxylic acids is 1. The first-order valence-electron chi connectivity index (χ1n) is 14.9. The lowest BCUT2D eigenvalue weighted by Gasteiger charge is -2.15. The Kier molecular flexibility index (Phi) is 10.6. The van der Waals surface area contributed by atoms with E-state index in [-0.39, 0.29) is 17.5 Å². The van der Waals surface area contributed by atoms with E-state index < -0.39 is 17.9 Å². The Bertz CT molecular complexity index is 1470. The number of H-pyrrole nitrogens is 1. The molecule has 2 aromatic carbocycles. The van der Waals surface area contributed by atoms with Gasteiger partial charge in [0.25, 0.3) is 5.91 Å². The number of unbranched alkanes of at least 4 members (excludes halogenated alkanes) is 4. The summed E-state index contributed by atoms with van der Waals surface area (Å²) in [7, 11) is 0. The molecule has 9 heteroatoms. The van der Waals surface area contributed by atoms with Crippen LogP contribution < -0.4 is 10.1 Å². The van der Waals surface area contributed by atoms with Crippen LogP contribution in [0.15, 0.2) is 67.0 Å². The maximum atomic E-state index is 12.7. The Labute approximate surface area is 253 Å². The van der Waals surface area contributed by atoms with Gasteiger partial charge in [0.1, 0.15) is 17.5 Å². The summed E-state index contributed by atoms with van der Waals surface area (Å²) in [6, 6.07) is 15.9. The van der Waals surface area contributed by atoms with Crippen molar-refractivity contribution in [1.82, 2.24) is 25.5 Å². The van der Waals surface area contributed by atoms with Gasteiger partial charge < -0.3 is 15.2 Å². The second kappa shape index (κ2) is 14.6. The molecule has 9 nitrogen and oxygen atoms in total. The monoisotopic (exact) mass is 583 g/mol. The number of carbonyl (C=O) groups is 2. The number of nitrogens with one attached hydrogen (secondary N) is 2. The average molecular weight is 584 g/mol. The Morgan fingerprint density at radius 2 is 1.56 bits per heavy atom. The van der Waals surface area contributed by atoms with Gasteiger partial charge in [-0.25, -0.2) is 14.8 Å². The number of aromatic amines is 1. The topological polar surface area (TPSA) is 130 Å². The number of hydrogen-bond acceptors (Lipinski definition) is 6. The van der Waals surface area contributed by atoms with Crippen molar-refractivity contribution < 1.29 is 19.4 Å². The molecule has 43 heavy (non-hydrogen) atoms. The van der Waals surface area contributed by atoms with E-state index in [1.165, 1.54) is 25.7 Å². The normalized spacial score (nSPS) is 12.1. The number of carboxylic acid groups (broad SMARTS) is 1. The summed E-state index contributed by atoms with van der Waals surface area (Å²) in [5, 5.41) is 19.2. The van der Waals surface area contributed by atoms with Crippen molar-refractivity contribution in [2.75, 3.05) is 6.61 Å². The molecule has 1 atom stereocenters. The van der Waals surface area contributed by atoms with Gasteiger partial charge in [-0.05, 0) is 35.7 Å². The van der Waals surface area contributed by atoms with Crippen LogP contribution in [0.3, 0.4) is 0 Å². The highest BCUT2D eigenvalue weighted by Gasteiger charge is 2.24. The first kappa shape index (κ1) is 31.4. The van der Waals surface area contributed by atoms with Gasteiger partial charge in [-0.15, -0.1) is 0 Å². The number of nitrogens with zero attached hydrogens (tertiary/aromatic N) is 3. The Hall–Kier alpha value is -4.53. The van der Waals surface area contributed by atoms with Crippen molar-refractivity contribution in [2.24, 2.45) is 0 Å². The van der Waals surface area contributed by atoms with Gasteiger partial charge in [0.05, 0.1) is 12.3 Å². The molecule has 0 radical (unpaired) electrons. The highest BCUT2D eigenvalue weighted by molar-refractivity contribution is 5.95. The molecule has 3 N–H and O–H groups in total. The van der Waals surface area contributed by atoms with Crippen LogP contribution >= 0.6 is 0 Å². The molecule has 0 fully saturated rings. The van der Waals surface area contributed by atoms with E-state index in [1.54, 1.807) is 18.5 Å². The molecule has 0 bridgehead atoms. The van der Waals surface area contributed by atoms with E-state index in [1.807, 2.05) is 69.3 Å². The smallest absolute Gasteiger partial charge is 0.326 e. The van der Waals surface area contributed by atoms with E-state index in [0.717, 1.165) is 46.7 Å². The molecule has 0 aliphatic rings. The Morgan fingerprint density at radius 1 is 0.907 bits per heavy atom. The van der Waals surface area contributed by atoms with Gasteiger partial charge >= 0.3 is 5.97 Å². The minimum atomic E-state index is -1.12. The highest BCUT2D eigenvalue weighted by atomic mass is 16.5. The van der Waals surface area contributed by atoms with Crippen LogP contribution in [0.25, 0.3) is 22.5 Å². The number of benzene rings is 2. The van der Waals surface area contributed by atoms with Gasteiger partial charge in [-0.2, -0.15) is 5.10 Å². The second-order valence-corrected chi connectivity index (χ2v) is 11.8. The highest BCUT2D eigenvalue weighted by Crippen LogP contribution is 2.24. The molecule has 2 aromatic heterocycles. The van der Waals surface area contributed by atoms with E-state index in [9.17, 15) is 14.7 Å². The van der Waals surface area contributed by atoms with Crippen LogP contribution in [0.4, 0.5) is 0 Å². The SMILES string of the molecule is CCCCCCCOc1ccc(-c2cnc(-c3ccc(C[C@H](NC(=O)c4cc(C(C)(C)C)n[nH]4)C(=O)O)cc3)nc2)cc1. The summed E-state index contributed by atoms with van der Waals surface area (Å²) < 4.78 is 5.86. The minimum absolute atomic E-state index is 0.125. The Morgan fingerprint density at radius 3 is 2.16 bits per heavy atom. The lowest BCUT2D eigenvalue weighted by Crippen LogP contribution is -2.42. The molecule has 0 saturated carbocycles. The number of hydrogen-bond donors (Lipinski definition) is 3. The number of ether oxygens (including phenoxy) is 1. The van der Waals surface area contributed by atoms with Crippen LogP contribution in [-0.2, 0) is 16.6 Å². The molecule has 0 aliphatic carbocycles. The summed E-state index contributed by atoms with van der Waals surface area (Å²) in [6.45, 7) is 8.90. The largest absolute Gasteiger partial charge is 0.494 e. The maximum absolute atomic E-state index is 12.7. The molecule has 0 unspecified atom stereocenters. The fourth-order valence-electron chi connectivity index (χ4n) is 4.55. The van der Waals surface area contributed by atoms with E-state index in [2.05, 4.69) is 32.4 Å². The van der Waals surface area contributed by atoms with E-state index in [4.69, 9.17) is 4.74 Å². The number of carbonyl (C=O) groups excluding carboxylic acids is 1. The summed E-state index contributed by atoms with van der Waals surface area (Å²) in [4.78, 5) is 33.7. The maximum Gasteiger partial charge on any atom is 0.326 e. The fourth-order valence-corrected chi connectivity index (χ4v) is 4.55. The predicted octanol–water partition coefficient (Wildman–Crippen LogP) is 6.61. The van der Waals surface area contributed by atoms with Crippen LogP contribution in [0.2, 0.25) is 0 Å². The Balaban J connectivity index is 1.32. The summed E-state index contributed by atoms with van der Waals surface area (Å²) in [6.07, 6.45) is 9.75. The molecule has 4 rings (SSSR count). The fraction of sp³-hybridized carbons (Fsp3) is 0.382. The van der Waals surface area contributed by atoms with Gasteiger partial charge in [-0.1, -0.05) is 89.8 Å². The third kappa shape index (κ3) is 8.98. The van der Waals surface area contributed by atoms with Crippen molar-refractivity contribution in [1.29, 1.82) is 0 Å². The molecular weight excluding hydrogens is 542 g/mol. The lowest BCUT2D eigenvalue weighted by molar-refractivity contribution is -0.139. The van der Waals surface area contributed by atoms with Crippen molar-refractivity contribution >= 4 is 11.9 Å². The number of rotatable bonds is 14. The van der Waals surface area contributed by atoms with E-state index >= 15 is 0 Å². The second-order valence-electron chi connectivity index (χ2n) is 11.8. The number of aromatic nitrogens is 4. The van der Waals surface area contributed by atoms with Crippen LogP contribution in [0.5, 0.6) is 5.75 Å². The van der Waals surface area contributed by atoms with Crippen molar-refractivity contribution in [3.05, 3.63) is 83.9 Å². The molecule has 2 heterocycles. The van der Waals surface area contributed by atoms with Crippen molar-refractivity contribution in [3.63, 3.8) is 0 Å². The summed E-state index contributed by atoms with van der Waals surface area (Å²) in [5.41, 5.74) is 4.19. The minimum Gasteiger partial charge on any atom is -0.494 e. The molecule has 4 aromatic rings. The van der Waals surface area contributed by atoms with Gasteiger partial charge in [0.2, 0.25) is 0 Å². The third-order valence-corrected chi connectivity index (χ3v) is 7.20. The van der Waals surface area contributed by atoms with Crippen molar-refractivity contribution in [3.8, 4) is 28.3 Å².